The first-order chi connectivity index (χ1) is 15.2. The van der Waals surface area contributed by atoms with Gasteiger partial charge in [-0.05, 0) is 69.0 Å². The van der Waals surface area contributed by atoms with E-state index in [9.17, 15) is 10.2 Å². The van der Waals surface area contributed by atoms with Gasteiger partial charge in [-0.2, -0.15) is 0 Å². The molecule has 6 heteroatoms. The maximum Gasteiger partial charge on any atom is 0.161 e. The summed E-state index contributed by atoms with van der Waals surface area (Å²) < 4.78 is 11.0. The highest BCUT2D eigenvalue weighted by atomic mass is 16.5. The van der Waals surface area contributed by atoms with E-state index in [2.05, 4.69) is 10.6 Å². The van der Waals surface area contributed by atoms with Crippen LogP contribution in [0.5, 0.6) is 23.0 Å². The van der Waals surface area contributed by atoms with Crippen LogP contribution in [0.15, 0.2) is 36.4 Å². The third-order valence-corrected chi connectivity index (χ3v) is 5.89. The van der Waals surface area contributed by atoms with Crippen molar-refractivity contribution in [1.29, 1.82) is 0 Å². The molecule has 31 heavy (non-hydrogen) atoms. The van der Waals surface area contributed by atoms with Crippen LogP contribution in [0.25, 0.3) is 0 Å². The second-order valence-corrected chi connectivity index (χ2v) is 8.13. The molecule has 2 aromatic rings. The van der Waals surface area contributed by atoms with Crippen LogP contribution in [0.1, 0.15) is 43.2 Å². The van der Waals surface area contributed by atoms with Crippen LogP contribution in [0.3, 0.4) is 0 Å². The van der Waals surface area contributed by atoms with Crippen molar-refractivity contribution in [2.24, 2.45) is 0 Å². The van der Waals surface area contributed by atoms with Gasteiger partial charge in [-0.3, -0.25) is 0 Å². The van der Waals surface area contributed by atoms with Crippen molar-refractivity contribution in [3.63, 3.8) is 0 Å². The fourth-order valence-electron chi connectivity index (χ4n) is 4.13. The van der Waals surface area contributed by atoms with Gasteiger partial charge in [0.15, 0.2) is 23.0 Å². The van der Waals surface area contributed by atoms with Crippen LogP contribution >= 0.6 is 0 Å². The molecule has 0 bridgehead atoms. The van der Waals surface area contributed by atoms with Crippen LogP contribution in [-0.2, 0) is 12.8 Å². The maximum absolute atomic E-state index is 9.98. The first kappa shape index (κ1) is 23.2. The number of methoxy groups -OCH3 is 1. The van der Waals surface area contributed by atoms with Crippen molar-refractivity contribution >= 4 is 0 Å². The number of para-hydroxylation sites is 2. The predicted molar refractivity (Wildman–Crippen MR) is 123 cm³/mol. The lowest BCUT2D eigenvalue weighted by Crippen LogP contribution is -2.35. The molecule has 1 aliphatic rings. The predicted octanol–water partition coefficient (Wildman–Crippen LogP) is 3.78. The van der Waals surface area contributed by atoms with E-state index in [1.807, 2.05) is 30.3 Å². The van der Waals surface area contributed by atoms with E-state index < -0.39 is 0 Å². The van der Waals surface area contributed by atoms with Gasteiger partial charge in [-0.15, -0.1) is 0 Å². The van der Waals surface area contributed by atoms with Gasteiger partial charge in [-0.25, -0.2) is 0 Å². The highest BCUT2D eigenvalue weighted by molar-refractivity contribution is 5.50. The largest absolute Gasteiger partial charge is 0.504 e. The van der Waals surface area contributed by atoms with Crippen molar-refractivity contribution in [2.75, 3.05) is 33.4 Å². The summed E-state index contributed by atoms with van der Waals surface area (Å²) in [5.41, 5.74) is 2.07. The zero-order valence-corrected chi connectivity index (χ0v) is 18.5. The number of rotatable bonds is 13. The van der Waals surface area contributed by atoms with Gasteiger partial charge in [0.25, 0.3) is 0 Å². The maximum atomic E-state index is 9.98. The monoisotopic (exact) mass is 428 g/mol. The van der Waals surface area contributed by atoms with E-state index in [4.69, 9.17) is 9.47 Å². The van der Waals surface area contributed by atoms with E-state index in [0.29, 0.717) is 12.6 Å². The Labute approximate surface area is 185 Å². The smallest absolute Gasteiger partial charge is 0.161 e. The summed E-state index contributed by atoms with van der Waals surface area (Å²) in [5.74, 6) is 1.61. The second kappa shape index (κ2) is 12.4. The number of hydrogen-bond acceptors (Lipinski definition) is 6. The first-order valence-corrected chi connectivity index (χ1v) is 11.4. The van der Waals surface area contributed by atoms with Crippen molar-refractivity contribution < 1.29 is 19.7 Å². The molecule has 0 unspecified atom stereocenters. The van der Waals surface area contributed by atoms with E-state index >= 15 is 0 Å². The van der Waals surface area contributed by atoms with Crippen LogP contribution < -0.4 is 20.1 Å². The topological polar surface area (TPSA) is 83.0 Å². The molecule has 0 aliphatic heterocycles. The summed E-state index contributed by atoms with van der Waals surface area (Å²) in [4.78, 5) is 0. The van der Waals surface area contributed by atoms with E-state index in [1.165, 1.54) is 25.7 Å². The van der Waals surface area contributed by atoms with E-state index in [0.717, 1.165) is 61.5 Å². The van der Waals surface area contributed by atoms with Crippen molar-refractivity contribution in [1.82, 2.24) is 10.6 Å². The number of benzene rings is 2. The lowest BCUT2D eigenvalue weighted by molar-refractivity contribution is 0.292. The Morgan fingerprint density at radius 1 is 0.935 bits per heavy atom. The summed E-state index contributed by atoms with van der Waals surface area (Å²) in [6.45, 7) is 3.50. The zero-order chi connectivity index (χ0) is 21.9. The molecular weight excluding hydrogens is 392 g/mol. The minimum atomic E-state index is -0.0106. The highest BCUT2D eigenvalue weighted by Gasteiger charge is 2.21. The van der Waals surface area contributed by atoms with Gasteiger partial charge in [0.2, 0.25) is 0 Å². The summed E-state index contributed by atoms with van der Waals surface area (Å²) in [7, 11) is 1.66. The van der Waals surface area contributed by atoms with Gasteiger partial charge in [0, 0.05) is 18.2 Å². The molecule has 0 radical (unpaired) electrons. The lowest BCUT2D eigenvalue weighted by Gasteiger charge is -2.26. The molecule has 1 aliphatic carbocycles. The molecule has 0 spiro atoms. The number of ether oxygens (including phenoxy) is 2. The molecule has 0 amide bonds. The van der Waals surface area contributed by atoms with Gasteiger partial charge in [0.05, 0.1) is 7.11 Å². The molecule has 170 valence electrons. The third kappa shape index (κ3) is 7.04. The molecule has 2 aromatic carbocycles. The number of phenolic OH excluding ortho intramolecular Hbond substituents is 2. The Bertz CT molecular complexity index is 812. The summed E-state index contributed by atoms with van der Waals surface area (Å²) in [6.07, 6.45) is 7.55. The Morgan fingerprint density at radius 2 is 1.71 bits per heavy atom. The minimum absolute atomic E-state index is 0.0106. The lowest BCUT2D eigenvalue weighted by atomic mass is 9.87. The van der Waals surface area contributed by atoms with Crippen molar-refractivity contribution in [3.8, 4) is 23.0 Å². The minimum Gasteiger partial charge on any atom is -0.504 e. The van der Waals surface area contributed by atoms with Crippen LogP contribution in [0, 0.1) is 0 Å². The van der Waals surface area contributed by atoms with Gasteiger partial charge < -0.3 is 30.3 Å². The van der Waals surface area contributed by atoms with Gasteiger partial charge >= 0.3 is 0 Å². The van der Waals surface area contributed by atoms with Crippen molar-refractivity contribution in [3.05, 3.63) is 47.5 Å². The Hall–Kier alpha value is -2.44. The van der Waals surface area contributed by atoms with Crippen LogP contribution in [0.4, 0.5) is 0 Å². The summed E-state index contributed by atoms with van der Waals surface area (Å²) >= 11 is 0. The number of phenols is 2. The third-order valence-electron chi connectivity index (χ3n) is 5.89. The highest BCUT2D eigenvalue weighted by Crippen LogP contribution is 2.35. The zero-order valence-electron chi connectivity index (χ0n) is 18.5. The molecule has 0 saturated carbocycles. The Kier molecular flexibility index (Phi) is 9.31. The molecule has 1 atom stereocenters. The molecule has 0 aromatic heterocycles. The van der Waals surface area contributed by atoms with E-state index in [1.54, 1.807) is 13.2 Å². The number of fused-ring (bicyclic) bond motifs is 1. The average Bonchev–Trinajstić information content (AvgIpc) is 2.80. The standard InChI is InChI=1S/C25H36N2O4/c1-30-23-8-4-5-9-24(23)31-17-16-26-14-6-2-3-7-15-27-20-11-12-21-19(18-20)10-13-22(28)25(21)29/h4-5,8-10,13,20,26-29H,2-3,6-7,11-12,14-18H2,1H3/t20-/m0/s1. The van der Waals surface area contributed by atoms with Gasteiger partial charge in [0.1, 0.15) is 6.61 Å². The Morgan fingerprint density at radius 3 is 2.52 bits per heavy atom. The summed E-state index contributed by atoms with van der Waals surface area (Å²) in [6, 6.07) is 11.7. The SMILES string of the molecule is COc1ccccc1OCCNCCCCCCN[C@H]1CCc2c(ccc(O)c2O)C1. The normalized spacial score (nSPS) is 15.5. The number of unbranched alkanes of at least 4 members (excludes halogenated alkanes) is 3. The molecule has 6 nitrogen and oxygen atoms in total. The molecule has 0 heterocycles. The van der Waals surface area contributed by atoms with Crippen molar-refractivity contribution in [2.45, 2.75) is 51.0 Å². The number of hydrogen-bond donors (Lipinski definition) is 4. The Balaban J connectivity index is 1.17. The molecule has 4 N–H and O–H groups in total. The van der Waals surface area contributed by atoms with Crippen LogP contribution in [0.2, 0.25) is 0 Å². The number of aromatic hydroxyl groups is 2. The quantitative estimate of drug-likeness (QED) is 0.287. The van der Waals surface area contributed by atoms with Crippen LogP contribution in [-0.4, -0.2) is 49.6 Å². The molecular formula is C25H36N2O4. The number of nitrogens with one attached hydrogen (secondary N) is 2. The van der Waals surface area contributed by atoms with Gasteiger partial charge in [-0.1, -0.05) is 31.0 Å². The average molecular weight is 429 g/mol. The fraction of sp³-hybridized carbons (Fsp3) is 0.520. The molecule has 0 fully saturated rings. The molecule has 3 rings (SSSR count). The molecule has 0 saturated heterocycles. The first-order valence-electron chi connectivity index (χ1n) is 11.4. The van der Waals surface area contributed by atoms with E-state index in [-0.39, 0.29) is 11.5 Å². The fourth-order valence-corrected chi connectivity index (χ4v) is 4.13. The summed E-state index contributed by atoms with van der Waals surface area (Å²) in [5, 5.41) is 26.7. The second-order valence-electron chi connectivity index (χ2n) is 8.13.